The van der Waals surface area contributed by atoms with Crippen molar-refractivity contribution in [2.75, 3.05) is 19.8 Å². The molecule has 4 heteroatoms. The molecule has 2 heterocycles. The maximum absolute atomic E-state index is 5.83. The molecule has 1 fully saturated rings. The van der Waals surface area contributed by atoms with E-state index in [-0.39, 0.29) is 6.10 Å². The lowest BCUT2D eigenvalue weighted by Gasteiger charge is -2.22. The minimum Gasteiger partial charge on any atom is -0.475 e. The molecular weight excluding hydrogens is 240 g/mol. The Bertz CT molecular complexity index is 365. The third kappa shape index (κ3) is 4.80. The normalized spacial score (nSPS) is 19.3. The fourth-order valence-corrected chi connectivity index (χ4v) is 2.20. The van der Waals surface area contributed by atoms with E-state index in [0.29, 0.717) is 6.61 Å². The van der Waals surface area contributed by atoms with E-state index in [1.165, 1.54) is 12.8 Å². The standard InChI is InChI=1S/C15H24N2O2/c1-2-8-16-11-13-6-5-9-17-15(13)19-12-14-7-3-4-10-18-14/h5-6,9,14,16H,2-4,7-8,10-12H2,1H3. The van der Waals surface area contributed by atoms with E-state index in [1.807, 2.05) is 6.07 Å². The van der Waals surface area contributed by atoms with Crippen LogP contribution in [0.15, 0.2) is 18.3 Å². The molecule has 0 amide bonds. The minimum atomic E-state index is 0.229. The molecule has 4 nitrogen and oxygen atoms in total. The fraction of sp³-hybridized carbons (Fsp3) is 0.667. The average molecular weight is 264 g/mol. The topological polar surface area (TPSA) is 43.4 Å². The molecule has 106 valence electrons. The molecule has 1 saturated heterocycles. The van der Waals surface area contributed by atoms with Gasteiger partial charge in [0.15, 0.2) is 0 Å². The van der Waals surface area contributed by atoms with Gasteiger partial charge in [-0.1, -0.05) is 13.0 Å². The summed E-state index contributed by atoms with van der Waals surface area (Å²) in [7, 11) is 0. The van der Waals surface area contributed by atoms with Crippen molar-refractivity contribution in [3.8, 4) is 5.88 Å². The predicted molar refractivity (Wildman–Crippen MR) is 75.3 cm³/mol. The van der Waals surface area contributed by atoms with Gasteiger partial charge in [-0.25, -0.2) is 4.98 Å². The van der Waals surface area contributed by atoms with Gasteiger partial charge in [0.05, 0.1) is 6.10 Å². The highest BCUT2D eigenvalue weighted by molar-refractivity contribution is 5.25. The van der Waals surface area contributed by atoms with Gasteiger partial charge < -0.3 is 14.8 Å². The molecule has 0 bridgehead atoms. The van der Waals surface area contributed by atoms with Crippen LogP contribution in [0.5, 0.6) is 5.88 Å². The van der Waals surface area contributed by atoms with Crippen LogP contribution >= 0.6 is 0 Å². The van der Waals surface area contributed by atoms with E-state index in [1.54, 1.807) is 6.20 Å². The van der Waals surface area contributed by atoms with Gasteiger partial charge in [0, 0.05) is 24.9 Å². The molecule has 0 spiro atoms. The first-order chi connectivity index (χ1) is 9.40. The SMILES string of the molecule is CCCNCc1cccnc1OCC1CCCCO1. The summed E-state index contributed by atoms with van der Waals surface area (Å²) < 4.78 is 11.5. The smallest absolute Gasteiger partial charge is 0.217 e. The molecule has 0 radical (unpaired) electrons. The summed E-state index contributed by atoms with van der Waals surface area (Å²) in [5.74, 6) is 0.736. The summed E-state index contributed by atoms with van der Waals surface area (Å²) in [5, 5.41) is 3.38. The van der Waals surface area contributed by atoms with Gasteiger partial charge in [-0.3, -0.25) is 0 Å². The first-order valence-electron chi connectivity index (χ1n) is 7.29. The highest BCUT2D eigenvalue weighted by Crippen LogP contribution is 2.17. The van der Waals surface area contributed by atoms with E-state index in [9.17, 15) is 0 Å². The van der Waals surface area contributed by atoms with E-state index < -0.39 is 0 Å². The number of hydrogen-bond donors (Lipinski definition) is 1. The Kier molecular flexibility index (Phi) is 6.11. The summed E-state index contributed by atoms with van der Waals surface area (Å²) in [4.78, 5) is 4.32. The Morgan fingerprint density at radius 2 is 2.42 bits per heavy atom. The molecule has 0 aliphatic carbocycles. The monoisotopic (exact) mass is 264 g/mol. The highest BCUT2D eigenvalue weighted by atomic mass is 16.5. The van der Waals surface area contributed by atoms with Crippen molar-refractivity contribution in [3.63, 3.8) is 0 Å². The van der Waals surface area contributed by atoms with Gasteiger partial charge >= 0.3 is 0 Å². The van der Waals surface area contributed by atoms with Crippen LogP contribution in [0.3, 0.4) is 0 Å². The quantitative estimate of drug-likeness (QED) is 0.769. The molecule has 0 saturated carbocycles. The number of aromatic nitrogens is 1. The lowest BCUT2D eigenvalue weighted by atomic mass is 10.1. The van der Waals surface area contributed by atoms with Gasteiger partial charge in [-0.05, 0) is 38.3 Å². The zero-order valence-electron chi connectivity index (χ0n) is 11.7. The van der Waals surface area contributed by atoms with Gasteiger partial charge in [0.2, 0.25) is 5.88 Å². The second-order valence-corrected chi connectivity index (χ2v) is 4.94. The maximum Gasteiger partial charge on any atom is 0.217 e. The maximum atomic E-state index is 5.83. The van der Waals surface area contributed by atoms with Crippen LogP contribution in [0.25, 0.3) is 0 Å². The summed E-state index contributed by atoms with van der Waals surface area (Å²) >= 11 is 0. The van der Waals surface area contributed by atoms with Crippen molar-refractivity contribution >= 4 is 0 Å². The summed E-state index contributed by atoms with van der Waals surface area (Å²) in [6, 6.07) is 4.01. The second kappa shape index (κ2) is 8.12. The molecule has 2 rings (SSSR count). The van der Waals surface area contributed by atoms with Crippen LogP contribution in [-0.4, -0.2) is 30.8 Å². The Labute approximate surface area is 115 Å². The average Bonchev–Trinajstić information content (AvgIpc) is 2.48. The summed E-state index contributed by atoms with van der Waals surface area (Å²) in [6.07, 6.45) is 6.64. The molecule has 0 aromatic carbocycles. The van der Waals surface area contributed by atoms with Crippen molar-refractivity contribution in [2.45, 2.75) is 45.3 Å². The van der Waals surface area contributed by atoms with E-state index >= 15 is 0 Å². The predicted octanol–water partition coefficient (Wildman–Crippen LogP) is 2.53. The minimum absolute atomic E-state index is 0.229. The van der Waals surface area contributed by atoms with E-state index in [4.69, 9.17) is 9.47 Å². The van der Waals surface area contributed by atoms with Crippen LogP contribution in [0.1, 0.15) is 38.2 Å². The number of hydrogen-bond acceptors (Lipinski definition) is 4. The molecule has 1 atom stereocenters. The second-order valence-electron chi connectivity index (χ2n) is 4.94. The third-order valence-corrected chi connectivity index (χ3v) is 3.27. The Hall–Kier alpha value is -1.13. The van der Waals surface area contributed by atoms with Crippen molar-refractivity contribution in [1.29, 1.82) is 0 Å². The van der Waals surface area contributed by atoms with Crippen LogP contribution < -0.4 is 10.1 Å². The number of nitrogens with zero attached hydrogens (tertiary/aromatic N) is 1. The highest BCUT2D eigenvalue weighted by Gasteiger charge is 2.15. The number of pyridine rings is 1. The summed E-state index contributed by atoms with van der Waals surface area (Å²) in [5.41, 5.74) is 1.12. The Morgan fingerprint density at radius 3 is 3.21 bits per heavy atom. The van der Waals surface area contributed by atoms with Crippen molar-refractivity contribution in [2.24, 2.45) is 0 Å². The molecule has 19 heavy (non-hydrogen) atoms. The third-order valence-electron chi connectivity index (χ3n) is 3.27. The van der Waals surface area contributed by atoms with Gasteiger partial charge in [-0.2, -0.15) is 0 Å². The molecule has 1 aliphatic rings. The van der Waals surface area contributed by atoms with Crippen molar-refractivity contribution in [3.05, 3.63) is 23.9 Å². The van der Waals surface area contributed by atoms with Crippen LogP contribution in [0.2, 0.25) is 0 Å². The molecule has 1 aliphatic heterocycles. The van der Waals surface area contributed by atoms with Crippen molar-refractivity contribution in [1.82, 2.24) is 10.3 Å². The van der Waals surface area contributed by atoms with Crippen LogP contribution in [-0.2, 0) is 11.3 Å². The molecular formula is C15H24N2O2. The Balaban J connectivity index is 1.84. The van der Waals surface area contributed by atoms with Gasteiger partial charge in [0.25, 0.3) is 0 Å². The number of ether oxygens (including phenoxy) is 2. The zero-order chi connectivity index (χ0) is 13.3. The molecule has 1 N–H and O–H groups in total. The van der Waals surface area contributed by atoms with Crippen molar-refractivity contribution < 1.29 is 9.47 Å². The van der Waals surface area contributed by atoms with Gasteiger partial charge in [-0.15, -0.1) is 0 Å². The fourth-order valence-electron chi connectivity index (χ4n) is 2.20. The lowest BCUT2D eigenvalue weighted by Crippen LogP contribution is -2.26. The number of nitrogens with one attached hydrogen (secondary N) is 1. The molecule has 1 aromatic heterocycles. The molecule has 1 aromatic rings. The first-order valence-corrected chi connectivity index (χ1v) is 7.29. The lowest BCUT2D eigenvalue weighted by molar-refractivity contribution is -0.0121. The summed E-state index contributed by atoms with van der Waals surface area (Å²) in [6.45, 7) is 5.45. The Morgan fingerprint density at radius 1 is 1.47 bits per heavy atom. The van der Waals surface area contributed by atoms with Crippen LogP contribution in [0.4, 0.5) is 0 Å². The van der Waals surface area contributed by atoms with Gasteiger partial charge in [0.1, 0.15) is 6.61 Å². The van der Waals surface area contributed by atoms with E-state index in [2.05, 4.69) is 23.3 Å². The first kappa shape index (κ1) is 14.3. The number of rotatable bonds is 7. The molecule has 1 unspecified atom stereocenters. The zero-order valence-corrected chi connectivity index (χ0v) is 11.7. The largest absolute Gasteiger partial charge is 0.475 e. The van der Waals surface area contributed by atoms with E-state index in [0.717, 1.165) is 44.0 Å². The van der Waals surface area contributed by atoms with Crippen LogP contribution in [0, 0.1) is 0 Å².